The minimum atomic E-state index is -5.04. The Morgan fingerprint density at radius 3 is 2.37 bits per heavy atom. The van der Waals surface area contributed by atoms with E-state index in [0.29, 0.717) is 6.61 Å². The number of aromatic amines is 1. The molecule has 1 atom stereocenters. The van der Waals surface area contributed by atoms with Crippen LogP contribution in [0.3, 0.4) is 0 Å². The van der Waals surface area contributed by atoms with E-state index in [1.807, 2.05) is 5.32 Å². The number of carbonyl (C=O) groups is 1. The Morgan fingerprint density at radius 1 is 1.05 bits per heavy atom. The Hall–Kier alpha value is -4.01. The van der Waals surface area contributed by atoms with Crippen molar-refractivity contribution in [2.24, 2.45) is 0 Å². The van der Waals surface area contributed by atoms with Crippen LogP contribution in [0, 0.1) is 5.82 Å². The van der Waals surface area contributed by atoms with E-state index in [1.54, 1.807) is 6.92 Å². The van der Waals surface area contributed by atoms with Crippen LogP contribution in [0.1, 0.15) is 48.7 Å². The molecule has 2 aromatic carbocycles. The molecule has 0 aliphatic carbocycles. The first kappa shape index (κ1) is 30.0. The fourth-order valence-electron chi connectivity index (χ4n) is 4.41. The lowest BCUT2D eigenvalue weighted by Crippen LogP contribution is -2.58. The minimum Gasteiger partial charge on any atom is -0.494 e. The second kappa shape index (κ2) is 11.8. The van der Waals surface area contributed by atoms with E-state index < -0.39 is 42.5 Å². The molecule has 1 aromatic heterocycles. The quantitative estimate of drug-likeness (QED) is 0.241. The van der Waals surface area contributed by atoms with Gasteiger partial charge in [-0.2, -0.15) is 31.6 Å². The van der Waals surface area contributed by atoms with Gasteiger partial charge in [0.2, 0.25) is 5.82 Å². The van der Waals surface area contributed by atoms with Gasteiger partial charge in [-0.3, -0.25) is 4.79 Å². The molecule has 0 saturated carbocycles. The standard InChI is InChI=1S/C26H24F7N5O3/c1-2-40-14-16-5-4-15(12-20(16)27)19-13-24(26(31,32)33,34-23(39)21(19)22-35-37-38-36-22)17-6-8-18(9-7-17)41-11-3-10-25(28,29)30/h4-9,12H,2-3,10-11,13-14H2,1H3,(H,34,39)(H,35,36,37,38). The third kappa shape index (κ3) is 6.66. The average Bonchev–Trinajstić information content (AvgIpc) is 3.43. The molecule has 0 radical (unpaired) electrons. The number of carbonyl (C=O) groups excluding carboxylic acids is 1. The fraction of sp³-hybridized carbons (Fsp3) is 0.385. The van der Waals surface area contributed by atoms with Gasteiger partial charge < -0.3 is 14.8 Å². The number of amides is 1. The van der Waals surface area contributed by atoms with Gasteiger partial charge in [-0.05, 0) is 53.5 Å². The molecule has 0 bridgehead atoms. The average molecular weight is 587 g/mol. The molecule has 2 heterocycles. The molecule has 3 aromatic rings. The first-order valence-corrected chi connectivity index (χ1v) is 12.4. The first-order chi connectivity index (χ1) is 19.3. The molecule has 41 heavy (non-hydrogen) atoms. The number of aromatic nitrogens is 4. The van der Waals surface area contributed by atoms with Crippen molar-refractivity contribution in [3.8, 4) is 5.75 Å². The van der Waals surface area contributed by atoms with E-state index in [4.69, 9.17) is 9.47 Å². The zero-order valence-corrected chi connectivity index (χ0v) is 21.5. The lowest BCUT2D eigenvalue weighted by molar-refractivity contribution is -0.201. The summed E-state index contributed by atoms with van der Waals surface area (Å²) in [6.07, 6.45) is -11.7. The van der Waals surface area contributed by atoms with E-state index in [-0.39, 0.29) is 59.0 Å². The number of nitrogens with zero attached hydrogens (tertiary/aromatic N) is 3. The largest absolute Gasteiger partial charge is 0.494 e. The number of alkyl halides is 6. The molecule has 1 aliphatic heterocycles. The van der Waals surface area contributed by atoms with Gasteiger partial charge in [0, 0.05) is 25.0 Å². The molecule has 1 amide bonds. The highest BCUT2D eigenvalue weighted by molar-refractivity contribution is 6.27. The van der Waals surface area contributed by atoms with E-state index in [0.717, 1.165) is 18.2 Å². The molecule has 0 spiro atoms. The maximum Gasteiger partial charge on any atom is 0.416 e. The zero-order valence-electron chi connectivity index (χ0n) is 21.5. The molecule has 0 saturated heterocycles. The molecule has 1 unspecified atom stereocenters. The zero-order chi connectivity index (χ0) is 29.8. The van der Waals surface area contributed by atoms with Gasteiger partial charge in [0.25, 0.3) is 5.91 Å². The van der Waals surface area contributed by atoms with Crippen molar-refractivity contribution >= 4 is 17.1 Å². The highest BCUT2D eigenvalue weighted by Gasteiger charge is 2.60. The van der Waals surface area contributed by atoms with E-state index >= 15 is 0 Å². The third-order valence-corrected chi connectivity index (χ3v) is 6.43. The maximum atomic E-state index is 14.9. The van der Waals surface area contributed by atoms with Gasteiger partial charge in [0.05, 0.1) is 18.8 Å². The molecule has 220 valence electrons. The van der Waals surface area contributed by atoms with Crippen molar-refractivity contribution in [2.45, 2.75) is 50.7 Å². The van der Waals surface area contributed by atoms with Gasteiger partial charge in [-0.25, -0.2) is 4.39 Å². The topological polar surface area (TPSA) is 102 Å². The van der Waals surface area contributed by atoms with Crippen LogP contribution in [0.5, 0.6) is 5.75 Å². The molecule has 8 nitrogen and oxygen atoms in total. The summed E-state index contributed by atoms with van der Waals surface area (Å²) in [5.74, 6) is -2.15. The van der Waals surface area contributed by atoms with Crippen LogP contribution in [0.25, 0.3) is 11.1 Å². The summed E-state index contributed by atoms with van der Waals surface area (Å²) >= 11 is 0. The Labute approximate surface area is 228 Å². The SMILES string of the molecule is CCOCc1ccc(C2=C(c3nn[nH]n3)C(=O)NC(c3ccc(OCCCC(F)(F)F)cc3)(C(F)(F)F)C2)cc1F. The van der Waals surface area contributed by atoms with Gasteiger partial charge >= 0.3 is 12.4 Å². The minimum absolute atomic E-state index is 0.00404. The number of nitrogens with one attached hydrogen (secondary N) is 2. The molecular weight excluding hydrogens is 563 g/mol. The van der Waals surface area contributed by atoms with Crippen molar-refractivity contribution in [3.05, 3.63) is 70.8 Å². The van der Waals surface area contributed by atoms with Crippen LogP contribution in [-0.4, -0.2) is 52.1 Å². The summed E-state index contributed by atoms with van der Waals surface area (Å²) < 4.78 is 107. The van der Waals surface area contributed by atoms with Crippen LogP contribution in [0.15, 0.2) is 42.5 Å². The van der Waals surface area contributed by atoms with E-state index in [1.165, 1.54) is 24.3 Å². The Bertz CT molecular complexity index is 1390. The predicted octanol–water partition coefficient (Wildman–Crippen LogP) is 5.49. The summed E-state index contributed by atoms with van der Waals surface area (Å²) in [4.78, 5) is 13.3. The summed E-state index contributed by atoms with van der Waals surface area (Å²) in [7, 11) is 0. The Morgan fingerprint density at radius 2 is 1.78 bits per heavy atom. The third-order valence-electron chi connectivity index (χ3n) is 6.43. The lowest BCUT2D eigenvalue weighted by atomic mass is 9.76. The second-order valence-corrected chi connectivity index (χ2v) is 9.16. The normalized spacial score (nSPS) is 18.0. The van der Waals surface area contributed by atoms with Crippen molar-refractivity contribution in [3.63, 3.8) is 0 Å². The van der Waals surface area contributed by atoms with Crippen LogP contribution in [0.2, 0.25) is 0 Å². The lowest BCUT2D eigenvalue weighted by Gasteiger charge is -2.41. The fourth-order valence-corrected chi connectivity index (χ4v) is 4.41. The number of benzene rings is 2. The van der Waals surface area contributed by atoms with Gasteiger partial charge in [0.1, 0.15) is 11.6 Å². The van der Waals surface area contributed by atoms with Crippen molar-refractivity contribution in [1.82, 2.24) is 25.9 Å². The molecule has 4 rings (SSSR count). The number of hydrogen-bond acceptors (Lipinski definition) is 6. The molecule has 0 fully saturated rings. The molecular formula is C26H24F7N5O3. The number of H-pyrrole nitrogens is 1. The van der Waals surface area contributed by atoms with Crippen molar-refractivity contribution in [1.29, 1.82) is 0 Å². The second-order valence-electron chi connectivity index (χ2n) is 9.16. The molecule has 15 heteroatoms. The van der Waals surface area contributed by atoms with Crippen molar-refractivity contribution in [2.75, 3.05) is 13.2 Å². The van der Waals surface area contributed by atoms with Crippen LogP contribution in [0.4, 0.5) is 30.7 Å². The Kier molecular flexibility index (Phi) is 8.66. The van der Waals surface area contributed by atoms with E-state index in [2.05, 4.69) is 20.6 Å². The Balaban J connectivity index is 1.73. The first-order valence-electron chi connectivity index (χ1n) is 12.4. The summed E-state index contributed by atoms with van der Waals surface area (Å²) in [6.45, 7) is 1.68. The number of rotatable bonds is 10. The highest BCUT2D eigenvalue weighted by atomic mass is 19.4. The number of hydrogen-bond donors (Lipinski definition) is 2. The van der Waals surface area contributed by atoms with Gasteiger partial charge in [-0.15, -0.1) is 10.2 Å². The monoisotopic (exact) mass is 587 g/mol. The predicted molar refractivity (Wildman–Crippen MR) is 130 cm³/mol. The smallest absolute Gasteiger partial charge is 0.416 e. The summed E-state index contributed by atoms with van der Waals surface area (Å²) in [6, 6.07) is 8.22. The van der Waals surface area contributed by atoms with E-state index in [9.17, 15) is 35.5 Å². The van der Waals surface area contributed by atoms with Crippen molar-refractivity contribution < 1.29 is 45.0 Å². The highest BCUT2D eigenvalue weighted by Crippen LogP contribution is 2.49. The number of tetrazole rings is 1. The number of halogens is 7. The maximum absolute atomic E-state index is 14.9. The summed E-state index contributed by atoms with van der Waals surface area (Å²) in [5.41, 5.74) is -3.66. The van der Waals surface area contributed by atoms with Gasteiger partial charge in [0.15, 0.2) is 5.54 Å². The van der Waals surface area contributed by atoms with Crippen LogP contribution < -0.4 is 10.1 Å². The summed E-state index contributed by atoms with van der Waals surface area (Å²) in [5, 5.41) is 15.1. The molecule has 1 aliphatic rings. The van der Waals surface area contributed by atoms with Gasteiger partial charge in [-0.1, -0.05) is 24.3 Å². The molecule has 2 N–H and O–H groups in total. The number of ether oxygens (including phenoxy) is 2. The van der Waals surface area contributed by atoms with Crippen LogP contribution >= 0.6 is 0 Å². The van der Waals surface area contributed by atoms with Crippen LogP contribution in [-0.2, 0) is 21.7 Å².